The quantitative estimate of drug-likeness (QED) is 0.726. The predicted octanol–water partition coefficient (Wildman–Crippen LogP) is 0.519. The van der Waals surface area contributed by atoms with Crippen LogP contribution < -0.4 is 5.32 Å². The second-order valence-corrected chi connectivity index (χ2v) is 6.07. The second-order valence-electron chi connectivity index (χ2n) is 3.81. The Morgan fingerprint density at radius 2 is 1.88 bits per heavy atom. The summed E-state index contributed by atoms with van der Waals surface area (Å²) in [4.78, 5) is 10.6. The highest BCUT2D eigenvalue weighted by Gasteiger charge is 2.03. The van der Waals surface area contributed by atoms with Crippen molar-refractivity contribution in [3.8, 4) is 0 Å². The maximum Gasteiger partial charge on any atom is 0.335 e. The van der Waals surface area contributed by atoms with Gasteiger partial charge in [-0.2, -0.15) is 0 Å². The molecule has 6 heteroatoms. The van der Waals surface area contributed by atoms with Gasteiger partial charge in [-0.25, -0.2) is 13.2 Å². The lowest BCUT2D eigenvalue weighted by Gasteiger charge is -2.04. The van der Waals surface area contributed by atoms with Crippen molar-refractivity contribution in [2.75, 3.05) is 18.6 Å². The van der Waals surface area contributed by atoms with E-state index >= 15 is 0 Å². The lowest BCUT2D eigenvalue weighted by Crippen LogP contribution is -2.21. The number of carboxylic acid groups (broad SMARTS) is 1. The van der Waals surface area contributed by atoms with E-state index < -0.39 is 15.8 Å². The van der Waals surface area contributed by atoms with Crippen LogP contribution in [-0.4, -0.2) is 38.0 Å². The molecule has 94 valence electrons. The molecule has 1 aromatic rings. The molecular weight excluding hydrogens is 242 g/mol. The number of aromatic carboxylic acids is 1. The molecule has 0 fully saturated rings. The summed E-state index contributed by atoms with van der Waals surface area (Å²) in [7, 11) is -2.94. The molecule has 1 rings (SSSR count). The molecule has 2 N–H and O–H groups in total. The van der Waals surface area contributed by atoms with Crippen LogP contribution in [-0.2, 0) is 16.4 Å². The highest BCUT2D eigenvalue weighted by atomic mass is 32.2. The van der Waals surface area contributed by atoms with Crippen LogP contribution in [0.4, 0.5) is 0 Å². The smallest absolute Gasteiger partial charge is 0.335 e. The molecule has 0 bridgehead atoms. The Kier molecular flexibility index (Phi) is 4.65. The van der Waals surface area contributed by atoms with Gasteiger partial charge in [-0.1, -0.05) is 12.1 Å². The van der Waals surface area contributed by atoms with Gasteiger partial charge in [-0.15, -0.1) is 0 Å². The number of nitrogens with one attached hydrogen (secondary N) is 1. The van der Waals surface area contributed by atoms with Crippen LogP contribution in [0.25, 0.3) is 0 Å². The average Bonchev–Trinajstić information content (AvgIpc) is 2.24. The molecule has 0 heterocycles. The van der Waals surface area contributed by atoms with Gasteiger partial charge in [0, 0.05) is 19.3 Å². The molecule has 0 aromatic heterocycles. The fraction of sp³-hybridized carbons (Fsp3) is 0.364. The van der Waals surface area contributed by atoms with Gasteiger partial charge in [-0.3, -0.25) is 0 Å². The maximum absolute atomic E-state index is 10.9. The van der Waals surface area contributed by atoms with Gasteiger partial charge in [-0.05, 0) is 17.7 Å². The molecule has 0 amide bonds. The first-order valence-corrected chi connectivity index (χ1v) is 7.15. The van der Waals surface area contributed by atoms with E-state index in [2.05, 4.69) is 5.32 Å². The fourth-order valence-corrected chi connectivity index (χ4v) is 1.77. The number of hydrogen-bond donors (Lipinski definition) is 2. The first-order valence-electron chi connectivity index (χ1n) is 5.09. The summed E-state index contributed by atoms with van der Waals surface area (Å²) in [5.74, 6) is -0.859. The van der Waals surface area contributed by atoms with Crippen LogP contribution in [0.5, 0.6) is 0 Å². The third-order valence-corrected chi connectivity index (χ3v) is 3.13. The maximum atomic E-state index is 10.9. The van der Waals surface area contributed by atoms with E-state index in [0.717, 1.165) is 5.56 Å². The lowest BCUT2D eigenvalue weighted by molar-refractivity contribution is 0.0697. The highest BCUT2D eigenvalue weighted by molar-refractivity contribution is 7.90. The van der Waals surface area contributed by atoms with Crippen LogP contribution in [0, 0.1) is 0 Å². The first-order chi connectivity index (χ1) is 7.88. The van der Waals surface area contributed by atoms with Gasteiger partial charge in [0.05, 0.1) is 11.3 Å². The van der Waals surface area contributed by atoms with Crippen LogP contribution >= 0.6 is 0 Å². The van der Waals surface area contributed by atoms with Crippen LogP contribution in [0.2, 0.25) is 0 Å². The topological polar surface area (TPSA) is 83.5 Å². The third kappa shape index (κ3) is 5.46. The minimum atomic E-state index is -2.94. The highest BCUT2D eigenvalue weighted by Crippen LogP contribution is 2.03. The van der Waals surface area contributed by atoms with E-state index in [9.17, 15) is 13.2 Å². The number of carbonyl (C=O) groups is 1. The molecule has 17 heavy (non-hydrogen) atoms. The van der Waals surface area contributed by atoms with E-state index in [1.165, 1.54) is 18.4 Å². The summed E-state index contributed by atoms with van der Waals surface area (Å²) in [6.45, 7) is 0.912. The zero-order valence-corrected chi connectivity index (χ0v) is 10.3. The SMILES string of the molecule is CS(=O)(=O)CCNCc1ccc(C(=O)O)cc1. The minimum Gasteiger partial charge on any atom is -0.478 e. The van der Waals surface area contributed by atoms with Gasteiger partial charge in [0.15, 0.2) is 0 Å². The van der Waals surface area contributed by atoms with Gasteiger partial charge in [0.1, 0.15) is 9.84 Å². The van der Waals surface area contributed by atoms with Gasteiger partial charge >= 0.3 is 5.97 Å². The zero-order chi connectivity index (χ0) is 12.9. The number of carboxylic acids is 1. The van der Waals surface area contributed by atoms with Crippen molar-refractivity contribution < 1.29 is 18.3 Å². The molecule has 0 aliphatic carbocycles. The molecule has 0 aliphatic rings. The van der Waals surface area contributed by atoms with Crippen molar-refractivity contribution in [3.05, 3.63) is 35.4 Å². The Balaban J connectivity index is 2.40. The van der Waals surface area contributed by atoms with Crippen molar-refractivity contribution in [1.82, 2.24) is 5.32 Å². The Morgan fingerprint density at radius 1 is 1.29 bits per heavy atom. The summed E-state index contributed by atoms with van der Waals surface area (Å²) in [5, 5.41) is 11.7. The Labute approximate surface area is 100 Å². The normalized spacial score (nSPS) is 11.4. The molecule has 0 radical (unpaired) electrons. The predicted molar refractivity (Wildman–Crippen MR) is 64.8 cm³/mol. The first kappa shape index (κ1) is 13.7. The van der Waals surface area contributed by atoms with E-state index in [0.29, 0.717) is 13.1 Å². The third-order valence-electron chi connectivity index (χ3n) is 2.18. The van der Waals surface area contributed by atoms with Gasteiger partial charge in [0.2, 0.25) is 0 Å². The second kappa shape index (κ2) is 5.79. The summed E-state index contributed by atoms with van der Waals surface area (Å²) in [6.07, 6.45) is 1.19. The fourth-order valence-electron chi connectivity index (χ4n) is 1.26. The standard InChI is InChI=1S/C11H15NO4S/c1-17(15,16)7-6-12-8-9-2-4-10(5-3-9)11(13)14/h2-5,12H,6-8H2,1H3,(H,13,14). The molecule has 0 saturated heterocycles. The van der Waals surface area contributed by atoms with Crippen molar-refractivity contribution in [2.45, 2.75) is 6.54 Å². The minimum absolute atomic E-state index is 0.0974. The van der Waals surface area contributed by atoms with E-state index in [1.54, 1.807) is 12.1 Å². The van der Waals surface area contributed by atoms with Crippen LogP contribution in [0.3, 0.4) is 0 Å². The average molecular weight is 257 g/mol. The van der Waals surface area contributed by atoms with E-state index in [-0.39, 0.29) is 11.3 Å². The molecule has 1 aromatic carbocycles. The molecule has 0 spiro atoms. The van der Waals surface area contributed by atoms with Gasteiger partial charge in [0.25, 0.3) is 0 Å². The zero-order valence-electron chi connectivity index (χ0n) is 9.51. The van der Waals surface area contributed by atoms with Crippen molar-refractivity contribution >= 4 is 15.8 Å². The monoisotopic (exact) mass is 257 g/mol. The summed E-state index contributed by atoms with van der Waals surface area (Å²) < 4.78 is 21.7. The molecule has 0 aliphatic heterocycles. The van der Waals surface area contributed by atoms with E-state index in [1.807, 2.05) is 0 Å². The van der Waals surface area contributed by atoms with Crippen LogP contribution in [0.1, 0.15) is 15.9 Å². The van der Waals surface area contributed by atoms with Crippen molar-refractivity contribution in [2.24, 2.45) is 0 Å². The molecular formula is C11H15NO4S. The Hall–Kier alpha value is -1.40. The van der Waals surface area contributed by atoms with Crippen LogP contribution in [0.15, 0.2) is 24.3 Å². The summed E-state index contributed by atoms with van der Waals surface area (Å²) in [6, 6.07) is 6.46. The van der Waals surface area contributed by atoms with E-state index in [4.69, 9.17) is 5.11 Å². The Morgan fingerprint density at radius 3 is 2.35 bits per heavy atom. The largest absolute Gasteiger partial charge is 0.478 e. The summed E-state index contributed by atoms with van der Waals surface area (Å²) >= 11 is 0. The number of benzene rings is 1. The number of rotatable bonds is 6. The van der Waals surface area contributed by atoms with Crippen molar-refractivity contribution in [1.29, 1.82) is 0 Å². The number of hydrogen-bond acceptors (Lipinski definition) is 4. The molecule has 0 saturated carbocycles. The summed E-state index contributed by atoms with van der Waals surface area (Å²) in [5.41, 5.74) is 1.16. The van der Waals surface area contributed by atoms with Gasteiger partial charge < -0.3 is 10.4 Å². The lowest BCUT2D eigenvalue weighted by atomic mass is 10.1. The Bertz CT molecular complexity index is 479. The molecule has 5 nitrogen and oxygen atoms in total. The molecule has 0 unspecified atom stereocenters. The molecule has 0 atom stereocenters. The van der Waals surface area contributed by atoms with Crippen molar-refractivity contribution in [3.63, 3.8) is 0 Å². The number of sulfone groups is 1.